The smallest absolute Gasteiger partial charge is 0.268 e. The van der Waals surface area contributed by atoms with Crippen molar-refractivity contribution in [2.75, 3.05) is 0 Å². The van der Waals surface area contributed by atoms with E-state index in [4.69, 9.17) is 29.9 Å². The molecule has 0 bridgehead atoms. The average Bonchev–Trinajstić information content (AvgIpc) is 2.83. The molecule has 0 N–H and O–H groups in total. The van der Waals surface area contributed by atoms with Crippen molar-refractivity contribution in [2.24, 2.45) is 0 Å². The van der Waals surface area contributed by atoms with Gasteiger partial charge in [-0.1, -0.05) is 83.5 Å². The first-order valence-electron chi connectivity index (χ1n) is 13.9. The zero-order valence-electron chi connectivity index (χ0n) is 25.5. The molecule has 3 aromatic rings. The molecule has 0 aliphatic carbocycles. The summed E-state index contributed by atoms with van der Waals surface area (Å²) in [6, 6.07) is 21.7. The molecule has 0 spiro atoms. The second-order valence-electron chi connectivity index (χ2n) is 13.5. The average molecular weight is 595 g/mol. The lowest BCUT2D eigenvalue weighted by Gasteiger charge is -2.37. The number of hydrogen-bond acceptors (Lipinski definition) is 4. The van der Waals surface area contributed by atoms with Crippen LogP contribution in [0, 0.1) is 0 Å². The Morgan fingerprint density at radius 1 is 0.700 bits per heavy atom. The molecule has 214 valence electrons. The summed E-state index contributed by atoms with van der Waals surface area (Å²) < 4.78 is 26.0. The van der Waals surface area contributed by atoms with Gasteiger partial charge in [-0.05, 0) is 78.2 Å². The molecule has 0 aromatic heterocycles. The fourth-order valence-electron chi connectivity index (χ4n) is 3.81. The van der Waals surface area contributed by atoms with Crippen LogP contribution in [0.1, 0.15) is 52.7 Å². The topological polar surface area (TPSA) is 36.9 Å². The van der Waals surface area contributed by atoms with E-state index in [-0.39, 0.29) is 10.1 Å². The van der Waals surface area contributed by atoms with E-state index < -0.39 is 22.9 Å². The van der Waals surface area contributed by atoms with Crippen molar-refractivity contribution in [1.29, 1.82) is 0 Å². The number of para-hydroxylation sites is 1. The number of halogens is 1. The summed E-state index contributed by atoms with van der Waals surface area (Å²) in [5.41, 5.74) is 2.68. The quantitative estimate of drug-likeness (QED) is 0.255. The molecule has 1 aliphatic rings. The maximum atomic E-state index is 6.85. The molecule has 0 radical (unpaired) electrons. The lowest BCUT2D eigenvalue weighted by atomic mass is 9.99. The van der Waals surface area contributed by atoms with Gasteiger partial charge in [0.15, 0.2) is 0 Å². The third-order valence-electron chi connectivity index (χ3n) is 8.39. The number of hydrogen-bond donors (Lipinski definition) is 0. The van der Waals surface area contributed by atoms with Crippen LogP contribution in [0.15, 0.2) is 66.7 Å². The molecule has 0 fully saturated rings. The second-order valence-corrected chi connectivity index (χ2v) is 23.4. The summed E-state index contributed by atoms with van der Waals surface area (Å²) in [5, 5.41) is 0.760. The van der Waals surface area contributed by atoms with Gasteiger partial charge in [-0.3, -0.25) is 0 Å². The van der Waals surface area contributed by atoms with E-state index in [1.165, 1.54) is 0 Å². The van der Waals surface area contributed by atoms with Crippen LogP contribution in [0.25, 0.3) is 11.6 Å². The zero-order valence-corrected chi connectivity index (χ0v) is 28.3. The van der Waals surface area contributed by atoms with Gasteiger partial charge in [0.25, 0.3) is 6.29 Å². The first-order valence-corrected chi connectivity index (χ1v) is 20.1. The maximum Gasteiger partial charge on any atom is 0.268 e. The van der Waals surface area contributed by atoms with E-state index in [9.17, 15) is 0 Å². The van der Waals surface area contributed by atoms with Crippen LogP contribution in [0.2, 0.25) is 41.3 Å². The predicted molar refractivity (Wildman–Crippen MR) is 173 cm³/mol. The Morgan fingerprint density at radius 3 is 1.80 bits per heavy atom. The van der Waals surface area contributed by atoms with Crippen LogP contribution in [-0.2, 0) is 0 Å². The molecule has 0 saturated carbocycles. The van der Waals surface area contributed by atoms with E-state index in [1.54, 1.807) is 0 Å². The van der Waals surface area contributed by atoms with Crippen molar-refractivity contribution in [1.82, 2.24) is 0 Å². The van der Waals surface area contributed by atoms with Gasteiger partial charge in [-0.25, -0.2) is 0 Å². The van der Waals surface area contributed by atoms with E-state index in [1.807, 2.05) is 54.6 Å². The fourth-order valence-corrected chi connectivity index (χ4v) is 6.11. The minimum atomic E-state index is -2.06. The fraction of sp³-hybridized carbons (Fsp3) is 0.394. The highest BCUT2D eigenvalue weighted by Crippen LogP contribution is 2.44. The minimum absolute atomic E-state index is 0.0583. The molecule has 7 heteroatoms. The van der Waals surface area contributed by atoms with Crippen LogP contribution in [-0.4, -0.2) is 22.9 Å². The Morgan fingerprint density at radius 2 is 1.25 bits per heavy atom. The first-order chi connectivity index (χ1) is 18.5. The molecule has 1 aliphatic heterocycles. The van der Waals surface area contributed by atoms with Crippen LogP contribution in [0.3, 0.4) is 0 Å². The second kappa shape index (κ2) is 11.0. The van der Waals surface area contributed by atoms with Crippen molar-refractivity contribution < 1.29 is 18.3 Å². The Hall–Kier alpha value is -2.68. The van der Waals surface area contributed by atoms with Crippen molar-refractivity contribution in [3.63, 3.8) is 0 Å². The number of fused-ring (bicyclic) bond motifs is 1. The molecular formula is C33H43ClO4Si2. The molecule has 0 amide bonds. The summed E-state index contributed by atoms with van der Waals surface area (Å²) >= 11 is 6.85. The highest BCUT2D eigenvalue weighted by atomic mass is 35.5. The molecule has 3 aromatic carbocycles. The summed E-state index contributed by atoms with van der Waals surface area (Å²) in [5.74, 6) is 2.96. The normalized spacial score (nSPS) is 16.0. The van der Waals surface area contributed by atoms with Crippen LogP contribution >= 0.6 is 11.6 Å². The van der Waals surface area contributed by atoms with Crippen LogP contribution < -0.4 is 18.3 Å². The van der Waals surface area contributed by atoms with Crippen LogP contribution in [0.4, 0.5) is 0 Å². The maximum absolute atomic E-state index is 6.85. The summed E-state index contributed by atoms with van der Waals surface area (Å²) in [6.45, 7) is 22.3. The van der Waals surface area contributed by atoms with E-state index in [0.717, 1.165) is 33.9 Å². The zero-order chi connectivity index (χ0) is 29.5. The van der Waals surface area contributed by atoms with Crippen molar-refractivity contribution in [2.45, 2.75) is 84.1 Å². The molecule has 1 atom stereocenters. The lowest BCUT2D eigenvalue weighted by molar-refractivity contribution is 0.0541. The van der Waals surface area contributed by atoms with Gasteiger partial charge in [0.05, 0.1) is 5.02 Å². The Kier molecular flexibility index (Phi) is 8.29. The molecule has 1 heterocycles. The highest BCUT2D eigenvalue weighted by Gasteiger charge is 2.40. The van der Waals surface area contributed by atoms with Gasteiger partial charge in [0, 0.05) is 17.2 Å². The SMILES string of the molecule is CC(C)(C)[Si](C)(C)Oc1ccc(C2=Cc3c(Cl)cc(O[Si](C)(C)C(C)(C)C)cc3OC2Oc2ccccc2)cc1. The van der Waals surface area contributed by atoms with Gasteiger partial charge >= 0.3 is 0 Å². The third-order valence-corrected chi connectivity index (χ3v) is 17.4. The highest BCUT2D eigenvalue weighted by molar-refractivity contribution is 6.75. The molecular weight excluding hydrogens is 552 g/mol. The lowest BCUT2D eigenvalue weighted by Crippen LogP contribution is -2.43. The standard InChI is InChI=1S/C33H43ClO4Si2/c1-32(2,3)39(7,8)37-25-18-16-23(17-19-25)27-22-28-29(34)20-26(38-40(9,10)33(4,5)6)21-30(28)36-31(27)35-24-14-12-11-13-15-24/h11-22,31H,1-10H3. The third kappa shape index (κ3) is 6.61. The number of benzene rings is 3. The van der Waals surface area contributed by atoms with Crippen LogP contribution in [0.5, 0.6) is 23.0 Å². The summed E-state index contributed by atoms with van der Waals surface area (Å²) in [6.07, 6.45) is 1.40. The summed E-state index contributed by atoms with van der Waals surface area (Å²) in [4.78, 5) is 0. The number of rotatable bonds is 7. The van der Waals surface area contributed by atoms with E-state index in [2.05, 4.69) is 85.9 Å². The van der Waals surface area contributed by atoms with Gasteiger partial charge < -0.3 is 18.3 Å². The largest absolute Gasteiger partial charge is 0.544 e. The molecule has 40 heavy (non-hydrogen) atoms. The molecule has 0 saturated heterocycles. The van der Waals surface area contributed by atoms with Crippen molar-refractivity contribution in [3.8, 4) is 23.0 Å². The minimum Gasteiger partial charge on any atom is -0.544 e. The first kappa shape index (κ1) is 30.3. The number of ether oxygens (including phenoxy) is 2. The molecule has 4 nitrogen and oxygen atoms in total. The van der Waals surface area contributed by atoms with Crippen molar-refractivity contribution >= 4 is 39.9 Å². The molecule has 1 unspecified atom stereocenters. The van der Waals surface area contributed by atoms with Gasteiger partial charge in [-0.2, -0.15) is 0 Å². The van der Waals surface area contributed by atoms with Gasteiger partial charge in [0.2, 0.25) is 16.6 Å². The van der Waals surface area contributed by atoms with Gasteiger partial charge in [-0.15, -0.1) is 0 Å². The predicted octanol–water partition coefficient (Wildman–Crippen LogP) is 10.4. The van der Waals surface area contributed by atoms with E-state index >= 15 is 0 Å². The van der Waals surface area contributed by atoms with Gasteiger partial charge in [0.1, 0.15) is 23.0 Å². The van der Waals surface area contributed by atoms with Crippen molar-refractivity contribution in [3.05, 3.63) is 82.9 Å². The Balaban J connectivity index is 1.71. The Bertz CT molecular complexity index is 1370. The Labute approximate surface area is 247 Å². The molecule has 4 rings (SSSR count). The van der Waals surface area contributed by atoms with E-state index in [0.29, 0.717) is 10.8 Å². The summed E-state index contributed by atoms with van der Waals surface area (Å²) in [7, 11) is -4.01. The monoisotopic (exact) mass is 594 g/mol.